The maximum atomic E-state index is 11.7. The van der Waals surface area contributed by atoms with Crippen molar-refractivity contribution in [3.63, 3.8) is 0 Å². The predicted octanol–water partition coefficient (Wildman–Crippen LogP) is 4.07. The third kappa shape index (κ3) is 5.50. The van der Waals surface area contributed by atoms with Gasteiger partial charge in [0.25, 0.3) is 0 Å². The van der Waals surface area contributed by atoms with E-state index in [4.69, 9.17) is 15.4 Å². The molecule has 3 N–H and O–H groups in total. The fourth-order valence-electron chi connectivity index (χ4n) is 4.14. The van der Waals surface area contributed by atoms with Gasteiger partial charge < -0.3 is 25.8 Å². The van der Waals surface area contributed by atoms with Gasteiger partial charge in [-0.3, -0.25) is 9.78 Å². The standard InChI is InChI=1S/C26H34N8O/c1-5-17(2)29-24-23(15-27)31-26(34-12-10-33(11-13-34)19(4)35)32-25(24)30-18(3)21-14-20-8-6-7-9-22(20)28-16-21/h6-9,14-18,27,29H,5,10-13H2,1-4H3,(H,30,31,32)/t17?,18-/m1/s1. The topological polar surface area (TPSA) is 110 Å². The van der Waals surface area contributed by atoms with Gasteiger partial charge in [-0.25, -0.2) is 4.98 Å². The van der Waals surface area contributed by atoms with Crippen LogP contribution in [0.4, 0.5) is 17.5 Å². The highest BCUT2D eigenvalue weighted by atomic mass is 16.2. The average molecular weight is 475 g/mol. The minimum atomic E-state index is -0.0690. The van der Waals surface area contributed by atoms with Crippen molar-refractivity contribution in [2.75, 3.05) is 41.7 Å². The van der Waals surface area contributed by atoms with Gasteiger partial charge in [-0.05, 0) is 38.0 Å². The molecular weight excluding hydrogens is 440 g/mol. The van der Waals surface area contributed by atoms with Crippen LogP contribution in [-0.4, -0.2) is 64.2 Å². The van der Waals surface area contributed by atoms with Crippen molar-refractivity contribution < 1.29 is 4.79 Å². The summed E-state index contributed by atoms with van der Waals surface area (Å²) in [6, 6.07) is 10.3. The summed E-state index contributed by atoms with van der Waals surface area (Å²) >= 11 is 0. The Bertz CT molecular complexity index is 1210. The van der Waals surface area contributed by atoms with Crippen LogP contribution < -0.4 is 15.5 Å². The zero-order valence-electron chi connectivity index (χ0n) is 20.9. The van der Waals surface area contributed by atoms with Gasteiger partial charge in [-0.1, -0.05) is 25.1 Å². The number of aromatic nitrogens is 3. The van der Waals surface area contributed by atoms with Gasteiger partial charge in [0.05, 0.1) is 11.6 Å². The van der Waals surface area contributed by atoms with Crippen molar-refractivity contribution in [2.45, 2.75) is 46.2 Å². The Hall–Kier alpha value is -3.75. The monoisotopic (exact) mass is 474 g/mol. The minimum Gasteiger partial charge on any atom is -0.378 e. The molecule has 3 aromatic rings. The fraction of sp³-hybridized carbons (Fsp3) is 0.423. The van der Waals surface area contributed by atoms with Gasteiger partial charge in [0.15, 0.2) is 5.82 Å². The summed E-state index contributed by atoms with van der Waals surface area (Å²) in [5, 5.41) is 16.2. The molecule has 0 bridgehead atoms. The number of hydrogen-bond donors (Lipinski definition) is 3. The number of carbonyl (C=O) groups is 1. The van der Waals surface area contributed by atoms with Crippen LogP contribution in [0.3, 0.4) is 0 Å². The van der Waals surface area contributed by atoms with E-state index in [-0.39, 0.29) is 18.0 Å². The van der Waals surface area contributed by atoms with E-state index in [2.05, 4.69) is 53.4 Å². The van der Waals surface area contributed by atoms with E-state index in [1.165, 1.54) is 6.21 Å². The third-order valence-corrected chi connectivity index (χ3v) is 6.54. The van der Waals surface area contributed by atoms with Crippen molar-refractivity contribution in [3.05, 3.63) is 47.8 Å². The third-order valence-electron chi connectivity index (χ3n) is 6.54. The molecular formula is C26H34N8O. The number of carbonyl (C=O) groups excluding carboxylic acids is 1. The molecule has 2 atom stereocenters. The molecule has 0 radical (unpaired) electrons. The lowest BCUT2D eigenvalue weighted by molar-refractivity contribution is -0.129. The van der Waals surface area contributed by atoms with Crippen LogP contribution in [0.1, 0.15) is 51.4 Å². The molecule has 1 fully saturated rings. The largest absolute Gasteiger partial charge is 0.378 e. The van der Waals surface area contributed by atoms with E-state index in [0.29, 0.717) is 43.6 Å². The van der Waals surface area contributed by atoms with Gasteiger partial charge in [0, 0.05) is 56.9 Å². The maximum absolute atomic E-state index is 11.7. The summed E-state index contributed by atoms with van der Waals surface area (Å²) in [6.45, 7) is 10.5. The summed E-state index contributed by atoms with van der Waals surface area (Å²) < 4.78 is 0. The van der Waals surface area contributed by atoms with Crippen molar-refractivity contribution in [1.29, 1.82) is 5.41 Å². The first-order valence-corrected chi connectivity index (χ1v) is 12.2. The summed E-state index contributed by atoms with van der Waals surface area (Å²) in [5.74, 6) is 1.30. The van der Waals surface area contributed by atoms with Crippen molar-refractivity contribution in [1.82, 2.24) is 19.9 Å². The first-order valence-electron chi connectivity index (χ1n) is 12.2. The van der Waals surface area contributed by atoms with Gasteiger partial charge in [-0.2, -0.15) is 4.98 Å². The lowest BCUT2D eigenvalue weighted by Crippen LogP contribution is -2.48. The molecule has 184 valence electrons. The second-order valence-electron chi connectivity index (χ2n) is 9.05. The van der Waals surface area contributed by atoms with Gasteiger partial charge >= 0.3 is 0 Å². The Morgan fingerprint density at radius 1 is 1.14 bits per heavy atom. The zero-order chi connectivity index (χ0) is 24.9. The fourth-order valence-corrected chi connectivity index (χ4v) is 4.14. The molecule has 0 saturated carbocycles. The molecule has 1 aliphatic rings. The summed E-state index contributed by atoms with van der Waals surface area (Å²) in [7, 11) is 0. The van der Waals surface area contributed by atoms with Gasteiger partial charge in [0.2, 0.25) is 11.9 Å². The number of fused-ring (bicyclic) bond motifs is 1. The average Bonchev–Trinajstić information content (AvgIpc) is 2.89. The Kier molecular flexibility index (Phi) is 7.43. The first kappa shape index (κ1) is 24.4. The number of anilines is 3. The van der Waals surface area contributed by atoms with Gasteiger partial charge in [0.1, 0.15) is 11.4 Å². The summed E-state index contributed by atoms with van der Waals surface area (Å²) in [6.07, 6.45) is 4.09. The quantitative estimate of drug-likeness (QED) is 0.422. The van der Waals surface area contributed by atoms with Crippen LogP contribution >= 0.6 is 0 Å². The smallest absolute Gasteiger partial charge is 0.228 e. The Morgan fingerprint density at radius 2 is 1.89 bits per heavy atom. The van der Waals surface area contributed by atoms with Crippen LogP contribution in [-0.2, 0) is 4.79 Å². The molecule has 4 rings (SSSR count). The molecule has 2 aromatic heterocycles. The van der Waals surface area contributed by atoms with Crippen molar-refractivity contribution in [3.8, 4) is 0 Å². The Balaban J connectivity index is 1.67. The second-order valence-corrected chi connectivity index (χ2v) is 9.05. The number of rotatable bonds is 8. The van der Waals surface area contributed by atoms with E-state index >= 15 is 0 Å². The maximum Gasteiger partial charge on any atom is 0.228 e. The zero-order valence-corrected chi connectivity index (χ0v) is 20.9. The van der Waals surface area contributed by atoms with E-state index in [1.54, 1.807) is 6.92 Å². The molecule has 1 aromatic carbocycles. The number of para-hydroxylation sites is 1. The van der Waals surface area contributed by atoms with Gasteiger partial charge in [-0.15, -0.1) is 0 Å². The van der Waals surface area contributed by atoms with E-state index < -0.39 is 0 Å². The highest BCUT2D eigenvalue weighted by Crippen LogP contribution is 2.30. The Morgan fingerprint density at radius 3 is 2.57 bits per heavy atom. The highest BCUT2D eigenvalue weighted by Gasteiger charge is 2.24. The molecule has 0 aliphatic carbocycles. The highest BCUT2D eigenvalue weighted by molar-refractivity contribution is 5.89. The van der Waals surface area contributed by atoms with Crippen LogP contribution in [0, 0.1) is 5.41 Å². The molecule has 1 aliphatic heterocycles. The number of nitrogens with zero attached hydrogens (tertiary/aromatic N) is 5. The molecule has 3 heterocycles. The molecule has 1 unspecified atom stereocenters. The Labute approximate surface area is 206 Å². The van der Waals surface area contributed by atoms with Crippen LogP contribution in [0.15, 0.2) is 36.5 Å². The molecule has 1 saturated heterocycles. The summed E-state index contributed by atoms with van der Waals surface area (Å²) in [4.78, 5) is 29.9. The van der Waals surface area contributed by atoms with Crippen molar-refractivity contribution in [2.24, 2.45) is 0 Å². The molecule has 9 heteroatoms. The lowest BCUT2D eigenvalue weighted by Gasteiger charge is -2.34. The minimum absolute atomic E-state index is 0.0690. The van der Waals surface area contributed by atoms with E-state index in [9.17, 15) is 4.79 Å². The predicted molar refractivity (Wildman–Crippen MR) is 142 cm³/mol. The van der Waals surface area contributed by atoms with E-state index in [0.717, 1.165) is 28.6 Å². The molecule has 9 nitrogen and oxygen atoms in total. The molecule has 0 spiro atoms. The number of pyridine rings is 1. The van der Waals surface area contributed by atoms with E-state index in [1.807, 2.05) is 29.3 Å². The number of benzene rings is 1. The summed E-state index contributed by atoms with van der Waals surface area (Å²) in [5.41, 5.74) is 3.27. The SMILES string of the molecule is CCC(C)Nc1c(C=N)nc(N2CCN(C(C)=O)CC2)nc1N[C@H](C)c1cnc2ccccc2c1. The number of hydrogen-bond acceptors (Lipinski definition) is 8. The lowest BCUT2D eigenvalue weighted by atomic mass is 10.1. The second kappa shape index (κ2) is 10.7. The molecule has 35 heavy (non-hydrogen) atoms. The van der Waals surface area contributed by atoms with Crippen LogP contribution in [0.5, 0.6) is 0 Å². The van der Waals surface area contributed by atoms with Crippen molar-refractivity contribution >= 4 is 40.5 Å². The number of piperazine rings is 1. The molecule has 1 amide bonds. The van der Waals surface area contributed by atoms with Crippen LogP contribution in [0.25, 0.3) is 10.9 Å². The van der Waals surface area contributed by atoms with Crippen LogP contribution in [0.2, 0.25) is 0 Å². The number of nitrogens with one attached hydrogen (secondary N) is 3. The first-order chi connectivity index (χ1) is 16.9. The number of amides is 1. The normalized spacial score (nSPS) is 15.5.